The lowest BCUT2D eigenvalue weighted by Crippen LogP contribution is -2.38. The molecule has 3 rings (SSSR count). The number of guanidine groups is 1. The molecule has 0 spiro atoms. The Kier molecular flexibility index (Phi) is 9.20. The van der Waals surface area contributed by atoms with Gasteiger partial charge in [0.25, 0.3) is 0 Å². The molecule has 2 aromatic heterocycles. The maximum absolute atomic E-state index is 5.43. The largest absolute Gasteiger partial charge is 0.361 e. The summed E-state index contributed by atoms with van der Waals surface area (Å²) in [4.78, 5) is 4.32. The fraction of sp³-hybridized carbons (Fsp3) is 0.684. The predicted molar refractivity (Wildman–Crippen MR) is 120 cm³/mol. The highest BCUT2D eigenvalue weighted by atomic mass is 127. The number of hydrogen-bond donors (Lipinski definition) is 2. The molecule has 0 unspecified atom stereocenters. The fourth-order valence-corrected chi connectivity index (χ4v) is 3.55. The molecule has 0 atom stereocenters. The molecular formula is C19H32IN7O. The minimum Gasteiger partial charge on any atom is -0.361 e. The first kappa shape index (κ1) is 22.6. The smallest absolute Gasteiger partial charge is 0.191 e. The van der Waals surface area contributed by atoms with Crippen molar-refractivity contribution >= 4 is 29.9 Å². The third-order valence-electron chi connectivity index (χ3n) is 5.09. The van der Waals surface area contributed by atoms with Crippen molar-refractivity contribution in [2.45, 2.75) is 71.9 Å². The predicted octanol–water partition coefficient (Wildman–Crippen LogP) is 2.64. The Morgan fingerprint density at radius 3 is 2.75 bits per heavy atom. The molecule has 0 aromatic carbocycles. The van der Waals surface area contributed by atoms with Gasteiger partial charge >= 0.3 is 0 Å². The Hall–Kier alpha value is -1.65. The van der Waals surface area contributed by atoms with E-state index in [4.69, 9.17) is 4.52 Å². The summed E-state index contributed by atoms with van der Waals surface area (Å²) < 4.78 is 7.72. The molecule has 9 heteroatoms. The van der Waals surface area contributed by atoms with Crippen molar-refractivity contribution < 1.29 is 4.52 Å². The van der Waals surface area contributed by atoms with Crippen LogP contribution in [0.2, 0.25) is 0 Å². The highest BCUT2D eigenvalue weighted by molar-refractivity contribution is 14.0. The van der Waals surface area contributed by atoms with Crippen LogP contribution in [0.1, 0.15) is 61.8 Å². The van der Waals surface area contributed by atoms with E-state index in [0.29, 0.717) is 6.54 Å². The summed E-state index contributed by atoms with van der Waals surface area (Å²) in [5.41, 5.74) is 2.16. The van der Waals surface area contributed by atoms with Gasteiger partial charge in [0, 0.05) is 51.5 Å². The number of fused-ring (bicyclic) bond motifs is 1. The van der Waals surface area contributed by atoms with Crippen molar-refractivity contribution in [3.8, 4) is 0 Å². The molecule has 0 radical (unpaired) electrons. The molecule has 156 valence electrons. The normalized spacial score (nSPS) is 14.2. The summed E-state index contributed by atoms with van der Waals surface area (Å²) in [6, 6.07) is 0. The van der Waals surface area contributed by atoms with E-state index in [-0.39, 0.29) is 24.0 Å². The van der Waals surface area contributed by atoms with E-state index in [0.717, 1.165) is 73.4 Å². The lowest BCUT2D eigenvalue weighted by Gasteiger charge is -2.12. The third kappa shape index (κ3) is 5.45. The minimum absolute atomic E-state index is 0. The maximum atomic E-state index is 5.43. The SMILES string of the molecule is CCc1noc(CC)c1CNC(=NC)NCCc1nnc2n1CCCCC2.I. The van der Waals surface area contributed by atoms with Crippen molar-refractivity contribution in [3.63, 3.8) is 0 Å². The van der Waals surface area contributed by atoms with Gasteiger partial charge in [-0.1, -0.05) is 25.4 Å². The zero-order chi connectivity index (χ0) is 19.1. The van der Waals surface area contributed by atoms with Crippen molar-refractivity contribution in [2.24, 2.45) is 4.99 Å². The molecular weight excluding hydrogens is 469 g/mol. The van der Waals surface area contributed by atoms with E-state index in [9.17, 15) is 0 Å². The van der Waals surface area contributed by atoms with E-state index < -0.39 is 0 Å². The number of nitrogens with one attached hydrogen (secondary N) is 2. The molecule has 28 heavy (non-hydrogen) atoms. The number of nitrogens with zero attached hydrogens (tertiary/aromatic N) is 5. The molecule has 0 aliphatic carbocycles. The molecule has 2 N–H and O–H groups in total. The summed E-state index contributed by atoms with van der Waals surface area (Å²) in [6.07, 6.45) is 7.30. The average molecular weight is 501 g/mol. The number of hydrogen-bond acceptors (Lipinski definition) is 5. The van der Waals surface area contributed by atoms with Crippen LogP contribution in [0.4, 0.5) is 0 Å². The topological polar surface area (TPSA) is 93.2 Å². The van der Waals surface area contributed by atoms with E-state index in [1.165, 1.54) is 19.3 Å². The van der Waals surface area contributed by atoms with Gasteiger partial charge in [-0.2, -0.15) is 0 Å². The molecule has 1 aliphatic rings. The summed E-state index contributed by atoms with van der Waals surface area (Å²) in [7, 11) is 1.79. The van der Waals surface area contributed by atoms with Gasteiger partial charge < -0.3 is 19.7 Å². The second kappa shape index (κ2) is 11.4. The van der Waals surface area contributed by atoms with Crippen molar-refractivity contribution in [3.05, 3.63) is 28.7 Å². The van der Waals surface area contributed by atoms with Crippen LogP contribution in [0.3, 0.4) is 0 Å². The highest BCUT2D eigenvalue weighted by Gasteiger charge is 2.15. The Labute approximate surface area is 184 Å². The molecule has 8 nitrogen and oxygen atoms in total. The van der Waals surface area contributed by atoms with Crippen LogP contribution in [-0.2, 0) is 38.8 Å². The molecule has 0 saturated heterocycles. The van der Waals surface area contributed by atoms with Gasteiger partial charge in [0.05, 0.1) is 5.69 Å². The van der Waals surface area contributed by atoms with E-state index in [2.05, 4.69) is 49.4 Å². The zero-order valence-corrected chi connectivity index (χ0v) is 19.5. The Morgan fingerprint density at radius 1 is 1.14 bits per heavy atom. The first-order valence-corrected chi connectivity index (χ1v) is 10.1. The first-order chi connectivity index (χ1) is 13.3. The van der Waals surface area contributed by atoms with Crippen LogP contribution in [-0.4, -0.2) is 39.5 Å². The summed E-state index contributed by atoms with van der Waals surface area (Å²) in [6.45, 7) is 6.64. The number of aryl methyl sites for hydroxylation is 3. The van der Waals surface area contributed by atoms with Gasteiger partial charge in [0.15, 0.2) is 5.96 Å². The number of halogens is 1. The Balaban J connectivity index is 0.00000280. The molecule has 0 amide bonds. The molecule has 0 fully saturated rings. The van der Waals surface area contributed by atoms with Gasteiger partial charge in [-0.25, -0.2) is 0 Å². The summed E-state index contributed by atoms with van der Waals surface area (Å²) in [5.74, 6) is 3.92. The third-order valence-corrected chi connectivity index (χ3v) is 5.09. The van der Waals surface area contributed by atoms with Crippen LogP contribution in [0, 0.1) is 0 Å². The van der Waals surface area contributed by atoms with E-state index in [1.54, 1.807) is 7.05 Å². The lowest BCUT2D eigenvalue weighted by molar-refractivity contribution is 0.380. The Bertz CT molecular complexity index is 747. The highest BCUT2D eigenvalue weighted by Crippen LogP contribution is 2.16. The van der Waals surface area contributed by atoms with E-state index in [1.807, 2.05) is 0 Å². The minimum atomic E-state index is 0. The van der Waals surface area contributed by atoms with Crippen LogP contribution in [0.15, 0.2) is 9.52 Å². The van der Waals surface area contributed by atoms with Gasteiger partial charge in [-0.3, -0.25) is 4.99 Å². The number of aromatic nitrogens is 4. The maximum Gasteiger partial charge on any atom is 0.191 e. The molecule has 3 heterocycles. The van der Waals surface area contributed by atoms with Gasteiger partial charge in [-0.15, -0.1) is 34.2 Å². The van der Waals surface area contributed by atoms with Crippen molar-refractivity contribution in [1.82, 2.24) is 30.6 Å². The second-order valence-electron chi connectivity index (χ2n) is 6.84. The zero-order valence-electron chi connectivity index (χ0n) is 17.1. The monoisotopic (exact) mass is 501 g/mol. The number of rotatable bonds is 7. The lowest BCUT2D eigenvalue weighted by atomic mass is 10.1. The van der Waals surface area contributed by atoms with Crippen LogP contribution in [0.5, 0.6) is 0 Å². The van der Waals surface area contributed by atoms with Gasteiger partial charge in [0.2, 0.25) is 0 Å². The summed E-state index contributed by atoms with van der Waals surface area (Å²) >= 11 is 0. The summed E-state index contributed by atoms with van der Waals surface area (Å²) in [5, 5.41) is 19.7. The van der Waals surface area contributed by atoms with Gasteiger partial charge in [-0.05, 0) is 19.3 Å². The molecule has 0 bridgehead atoms. The van der Waals surface area contributed by atoms with Crippen LogP contribution >= 0.6 is 24.0 Å². The first-order valence-electron chi connectivity index (χ1n) is 10.1. The number of aliphatic imine (C=N–C) groups is 1. The average Bonchev–Trinajstić information content (AvgIpc) is 3.19. The quantitative estimate of drug-likeness (QED) is 0.344. The van der Waals surface area contributed by atoms with E-state index >= 15 is 0 Å². The van der Waals surface area contributed by atoms with Crippen LogP contribution in [0.25, 0.3) is 0 Å². The van der Waals surface area contributed by atoms with Crippen molar-refractivity contribution in [2.75, 3.05) is 13.6 Å². The molecule has 0 saturated carbocycles. The fourth-order valence-electron chi connectivity index (χ4n) is 3.55. The van der Waals surface area contributed by atoms with Gasteiger partial charge in [0.1, 0.15) is 17.4 Å². The van der Waals surface area contributed by atoms with Crippen molar-refractivity contribution in [1.29, 1.82) is 0 Å². The second-order valence-corrected chi connectivity index (χ2v) is 6.84. The molecule has 2 aromatic rings. The molecule has 1 aliphatic heterocycles. The van der Waals surface area contributed by atoms with Crippen LogP contribution < -0.4 is 10.6 Å². The standard InChI is InChI=1S/C19H31N7O.HI/c1-4-15-14(16(5-2)27-25-15)13-22-19(20-3)21-11-10-18-24-23-17-9-7-6-8-12-26(17)18;/h4-13H2,1-3H3,(H2,20,21,22);1H. The Morgan fingerprint density at radius 2 is 2.00 bits per heavy atom.